The summed E-state index contributed by atoms with van der Waals surface area (Å²) in [6.45, 7) is 5.35. The van der Waals surface area contributed by atoms with Gasteiger partial charge in [0.05, 0.1) is 13.2 Å². The highest BCUT2D eigenvalue weighted by atomic mass is 16.6. The lowest BCUT2D eigenvalue weighted by Crippen LogP contribution is -2.27. The highest BCUT2D eigenvalue weighted by molar-refractivity contribution is 6.14. The van der Waals surface area contributed by atoms with Gasteiger partial charge in [0.2, 0.25) is 0 Å². The Hall–Kier alpha value is -2.83. The van der Waals surface area contributed by atoms with Crippen LogP contribution in [-0.4, -0.2) is 31.2 Å². The summed E-state index contributed by atoms with van der Waals surface area (Å²) in [7, 11) is 0. The third-order valence-corrected chi connectivity index (χ3v) is 2.65. The van der Waals surface area contributed by atoms with Crippen LogP contribution in [0.1, 0.15) is 19.4 Å². The van der Waals surface area contributed by atoms with Crippen molar-refractivity contribution >= 4 is 23.7 Å². The van der Waals surface area contributed by atoms with E-state index >= 15 is 0 Å². The van der Waals surface area contributed by atoms with Crippen LogP contribution in [0.2, 0.25) is 0 Å². The number of anilines is 1. The number of hydrogen-bond donors (Lipinski definition) is 2. The number of benzene rings is 1. The molecule has 7 heteroatoms. The Morgan fingerprint density at radius 3 is 2.00 bits per heavy atom. The summed E-state index contributed by atoms with van der Waals surface area (Å²) in [5.41, 5.74) is 1.26. The predicted octanol–water partition coefficient (Wildman–Crippen LogP) is 2.13. The number of carbonyl (C=O) groups excluding carboxylic acids is 3. The molecule has 124 valence electrons. The number of esters is 2. The molecule has 0 heterocycles. The monoisotopic (exact) mass is 320 g/mol. The van der Waals surface area contributed by atoms with Gasteiger partial charge in [-0.05, 0) is 32.9 Å². The van der Waals surface area contributed by atoms with Crippen LogP contribution in [0, 0.1) is 6.92 Å². The van der Waals surface area contributed by atoms with Crippen LogP contribution in [0.15, 0.2) is 36.0 Å². The van der Waals surface area contributed by atoms with Crippen molar-refractivity contribution in [1.82, 2.24) is 5.32 Å². The summed E-state index contributed by atoms with van der Waals surface area (Å²) in [5.74, 6) is -1.72. The molecule has 0 aliphatic rings. The second-order valence-corrected chi connectivity index (χ2v) is 4.46. The maximum atomic E-state index is 11.8. The summed E-state index contributed by atoms with van der Waals surface area (Å²) in [6.07, 6.45) is 0.972. The summed E-state index contributed by atoms with van der Waals surface area (Å²) in [4.78, 5) is 35.2. The Morgan fingerprint density at radius 1 is 1.00 bits per heavy atom. The van der Waals surface area contributed by atoms with Crippen LogP contribution in [0.3, 0.4) is 0 Å². The molecule has 0 atom stereocenters. The zero-order chi connectivity index (χ0) is 17.2. The molecule has 0 saturated carbocycles. The van der Waals surface area contributed by atoms with E-state index in [4.69, 9.17) is 9.47 Å². The number of urea groups is 1. The summed E-state index contributed by atoms with van der Waals surface area (Å²) < 4.78 is 9.51. The Balaban J connectivity index is 2.74. The lowest BCUT2D eigenvalue weighted by Gasteiger charge is -2.08. The quantitative estimate of drug-likeness (QED) is 0.362. The van der Waals surface area contributed by atoms with Crippen molar-refractivity contribution in [2.45, 2.75) is 20.8 Å². The third kappa shape index (κ3) is 6.21. The lowest BCUT2D eigenvalue weighted by atomic mass is 10.2. The average Bonchev–Trinajstić information content (AvgIpc) is 2.50. The number of amides is 2. The molecule has 2 N–H and O–H groups in total. The normalized spacial score (nSPS) is 9.52. The number of carbonyl (C=O) groups is 3. The van der Waals surface area contributed by atoms with Gasteiger partial charge in [-0.25, -0.2) is 14.4 Å². The van der Waals surface area contributed by atoms with Gasteiger partial charge in [-0.2, -0.15) is 0 Å². The van der Waals surface area contributed by atoms with Gasteiger partial charge in [0.1, 0.15) is 0 Å². The number of nitrogens with one attached hydrogen (secondary N) is 2. The molecule has 0 aliphatic heterocycles. The average molecular weight is 320 g/mol. The molecule has 0 unspecified atom stereocenters. The highest BCUT2D eigenvalue weighted by Gasteiger charge is 2.21. The van der Waals surface area contributed by atoms with E-state index in [1.165, 1.54) is 0 Å². The van der Waals surface area contributed by atoms with Crippen LogP contribution in [-0.2, 0) is 19.1 Å². The zero-order valence-electron chi connectivity index (χ0n) is 13.3. The van der Waals surface area contributed by atoms with Crippen LogP contribution in [0.5, 0.6) is 0 Å². The first-order valence-corrected chi connectivity index (χ1v) is 7.16. The maximum absolute atomic E-state index is 11.8. The molecule has 23 heavy (non-hydrogen) atoms. The standard InChI is InChI=1S/C16H20N2O5/c1-4-22-14(19)13(15(20)23-5-2)10-17-16(21)18-12-8-6-11(3)7-9-12/h6-10H,4-5H2,1-3H3,(H2,17,18,21). The molecule has 0 bridgehead atoms. The Bertz CT molecular complexity index is 573. The molecule has 1 aromatic carbocycles. The molecular weight excluding hydrogens is 300 g/mol. The Labute approximate surface area is 134 Å². The van der Waals surface area contributed by atoms with Crippen molar-refractivity contribution in [2.75, 3.05) is 18.5 Å². The Morgan fingerprint density at radius 2 is 1.52 bits per heavy atom. The van der Waals surface area contributed by atoms with E-state index in [1.807, 2.05) is 19.1 Å². The molecule has 1 aromatic rings. The van der Waals surface area contributed by atoms with Gasteiger partial charge in [0.25, 0.3) is 0 Å². The van der Waals surface area contributed by atoms with Crippen LogP contribution >= 0.6 is 0 Å². The first-order chi connectivity index (χ1) is 11.0. The van der Waals surface area contributed by atoms with Crippen molar-refractivity contribution in [2.24, 2.45) is 0 Å². The molecule has 0 radical (unpaired) electrons. The fourth-order valence-electron chi connectivity index (χ4n) is 1.56. The van der Waals surface area contributed by atoms with E-state index in [1.54, 1.807) is 26.0 Å². The Kier molecular flexibility index (Phi) is 7.32. The largest absolute Gasteiger partial charge is 0.462 e. The first kappa shape index (κ1) is 18.2. The van der Waals surface area contributed by atoms with E-state index in [-0.39, 0.29) is 18.8 Å². The van der Waals surface area contributed by atoms with Gasteiger partial charge in [-0.3, -0.25) is 0 Å². The molecular formula is C16H20N2O5. The molecule has 1 rings (SSSR count). The van der Waals surface area contributed by atoms with Gasteiger partial charge in [-0.1, -0.05) is 17.7 Å². The van der Waals surface area contributed by atoms with Crippen LogP contribution in [0.25, 0.3) is 0 Å². The smallest absolute Gasteiger partial charge is 0.347 e. The minimum atomic E-state index is -0.860. The summed E-state index contributed by atoms with van der Waals surface area (Å²) >= 11 is 0. The fourth-order valence-corrected chi connectivity index (χ4v) is 1.56. The molecule has 0 aromatic heterocycles. The third-order valence-electron chi connectivity index (χ3n) is 2.65. The molecule has 7 nitrogen and oxygen atoms in total. The molecule has 0 fully saturated rings. The van der Waals surface area contributed by atoms with Crippen molar-refractivity contribution in [3.63, 3.8) is 0 Å². The van der Waals surface area contributed by atoms with E-state index in [9.17, 15) is 14.4 Å². The van der Waals surface area contributed by atoms with E-state index in [0.717, 1.165) is 11.8 Å². The second kappa shape index (κ2) is 9.24. The van der Waals surface area contributed by atoms with E-state index in [0.29, 0.717) is 5.69 Å². The molecule has 0 spiro atoms. The number of aryl methyl sites for hydroxylation is 1. The highest BCUT2D eigenvalue weighted by Crippen LogP contribution is 2.08. The maximum Gasteiger partial charge on any atom is 0.347 e. The van der Waals surface area contributed by atoms with Gasteiger partial charge in [-0.15, -0.1) is 0 Å². The number of hydrogen-bond acceptors (Lipinski definition) is 5. The second-order valence-electron chi connectivity index (χ2n) is 4.46. The van der Waals surface area contributed by atoms with Crippen LogP contribution < -0.4 is 10.6 Å². The van der Waals surface area contributed by atoms with Gasteiger partial charge >= 0.3 is 18.0 Å². The number of rotatable bonds is 6. The molecule has 0 aliphatic carbocycles. The molecule has 0 saturated heterocycles. The SMILES string of the molecule is CCOC(=O)C(=CNC(=O)Nc1ccc(C)cc1)C(=O)OCC. The molecule has 2 amide bonds. The minimum Gasteiger partial charge on any atom is -0.462 e. The van der Waals surface area contributed by atoms with Crippen molar-refractivity contribution < 1.29 is 23.9 Å². The zero-order valence-corrected chi connectivity index (χ0v) is 13.3. The van der Waals surface area contributed by atoms with Gasteiger partial charge in [0, 0.05) is 11.9 Å². The van der Waals surface area contributed by atoms with Crippen molar-refractivity contribution in [3.8, 4) is 0 Å². The van der Waals surface area contributed by atoms with E-state index < -0.39 is 18.0 Å². The lowest BCUT2D eigenvalue weighted by molar-refractivity contribution is -0.146. The van der Waals surface area contributed by atoms with Crippen LogP contribution in [0.4, 0.5) is 10.5 Å². The fraction of sp³-hybridized carbons (Fsp3) is 0.312. The topological polar surface area (TPSA) is 93.7 Å². The number of ether oxygens (including phenoxy) is 2. The van der Waals surface area contributed by atoms with Gasteiger partial charge in [0.15, 0.2) is 5.57 Å². The summed E-state index contributed by atoms with van der Waals surface area (Å²) in [5, 5.41) is 4.88. The van der Waals surface area contributed by atoms with Crippen molar-refractivity contribution in [3.05, 3.63) is 41.6 Å². The van der Waals surface area contributed by atoms with Gasteiger partial charge < -0.3 is 20.1 Å². The van der Waals surface area contributed by atoms with E-state index in [2.05, 4.69) is 10.6 Å². The minimum absolute atomic E-state index is 0.102. The predicted molar refractivity (Wildman–Crippen MR) is 84.7 cm³/mol. The first-order valence-electron chi connectivity index (χ1n) is 7.16. The van der Waals surface area contributed by atoms with Crippen molar-refractivity contribution in [1.29, 1.82) is 0 Å². The summed E-state index contributed by atoms with van der Waals surface area (Å²) in [6, 6.07) is 6.55.